The van der Waals surface area contributed by atoms with Crippen molar-refractivity contribution >= 4 is 11.3 Å². The van der Waals surface area contributed by atoms with Crippen LogP contribution in [-0.4, -0.2) is 48.0 Å². The van der Waals surface area contributed by atoms with Crippen LogP contribution in [0.4, 0.5) is 0 Å². The number of likely N-dealkylation sites (N-methyl/N-ethyl adjacent to an activating group) is 1. The Labute approximate surface area is 130 Å². The van der Waals surface area contributed by atoms with E-state index in [9.17, 15) is 0 Å². The summed E-state index contributed by atoms with van der Waals surface area (Å²) in [4.78, 5) is 10.5. The van der Waals surface area contributed by atoms with Crippen molar-refractivity contribution < 1.29 is 4.74 Å². The number of hydrogen-bond acceptors (Lipinski definition) is 5. The van der Waals surface area contributed by atoms with Gasteiger partial charge in [0.15, 0.2) is 0 Å². The third-order valence-corrected chi connectivity index (χ3v) is 4.59. The van der Waals surface area contributed by atoms with Crippen molar-refractivity contribution in [2.24, 2.45) is 0 Å². The normalized spacial score (nSPS) is 17.0. The molecule has 3 rings (SSSR count). The molecular formula is C16H21N3OS. The Kier molecular flexibility index (Phi) is 4.53. The molecule has 0 N–H and O–H groups in total. The maximum atomic E-state index is 5.80. The maximum Gasteiger partial charge on any atom is 0.278 e. The van der Waals surface area contributed by atoms with Crippen LogP contribution in [0.25, 0.3) is 0 Å². The summed E-state index contributed by atoms with van der Waals surface area (Å²) in [5, 5.41) is 0.725. The summed E-state index contributed by atoms with van der Waals surface area (Å²) >= 11 is 1.64. The summed E-state index contributed by atoms with van der Waals surface area (Å²) in [7, 11) is 2.18. The van der Waals surface area contributed by atoms with Gasteiger partial charge in [-0.2, -0.15) is 0 Å². The van der Waals surface area contributed by atoms with Gasteiger partial charge in [0.25, 0.3) is 5.19 Å². The van der Waals surface area contributed by atoms with Crippen molar-refractivity contribution in [3.8, 4) is 10.9 Å². The van der Waals surface area contributed by atoms with Crippen LogP contribution in [0.5, 0.6) is 10.9 Å². The molecule has 1 saturated heterocycles. The Morgan fingerprint density at radius 3 is 2.57 bits per heavy atom. The maximum absolute atomic E-state index is 5.80. The smallest absolute Gasteiger partial charge is 0.278 e. The molecule has 1 fully saturated rings. The molecule has 4 nitrogen and oxygen atoms in total. The molecule has 0 bridgehead atoms. The van der Waals surface area contributed by atoms with E-state index in [-0.39, 0.29) is 0 Å². The first-order chi connectivity index (χ1) is 10.2. The number of nitrogens with zero attached hydrogens (tertiary/aromatic N) is 3. The number of aromatic nitrogens is 1. The van der Waals surface area contributed by atoms with E-state index < -0.39 is 0 Å². The molecule has 0 aliphatic carbocycles. The van der Waals surface area contributed by atoms with Crippen molar-refractivity contribution in [1.29, 1.82) is 0 Å². The molecule has 5 heteroatoms. The monoisotopic (exact) mass is 303 g/mol. The summed E-state index contributed by atoms with van der Waals surface area (Å²) in [5.41, 5.74) is 1.23. The van der Waals surface area contributed by atoms with E-state index >= 15 is 0 Å². The lowest BCUT2D eigenvalue weighted by Crippen LogP contribution is -2.43. The highest BCUT2D eigenvalue weighted by Crippen LogP contribution is 2.27. The Hall–Kier alpha value is -1.43. The van der Waals surface area contributed by atoms with Crippen molar-refractivity contribution in [2.75, 3.05) is 33.2 Å². The lowest BCUT2D eigenvalue weighted by atomic mass is 10.2. The van der Waals surface area contributed by atoms with Gasteiger partial charge in [-0.25, -0.2) is 4.98 Å². The van der Waals surface area contributed by atoms with E-state index in [1.807, 2.05) is 30.5 Å². The average molecular weight is 303 g/mol. The van der Waals surface area contributed by atoms with E-state index in [2.05, 4.69) is 28.8 Å². The van der Waals surface area contributed by atoms with Crippen molar-refractivity contribution in [3.63, 3.8) is 0 Å². The highest BCUT2D eigenvalue weighted by Gasteiger charge is 2.15. The van der Waals surface area contributed by atoms with Gasteiger partial charge in [-0.3, -0.25) is 4.90 Å². The minimum atomic E-state index is 0.725. The largest absolute Gasteiger partial charge is 0.431 e. The molecule has 1 aliphatic rings. The second-order valence-electron chi connectivity index (χ2n) is 5.59. The van der Waals surface area contributed by atoms with Crippen LogP contribution < -0.4 is 4.74 Å². The van der Waals surface area contributed by atoms with Crippen molar-refractivity contribution in [2.45, 2.75) is 13.5 Å². The van der Waals surface area contributed by atoms with Gasteiger partial charge in [0.1, 0.15) is 5.75 Å². The number of piperazine rings is 1. The highest BCUT2D eigenvalue weighted by atomic mass is 32.1. The highest BCUT2D eigenvalue weighted by molar-refractivity contribution is 7.13. The zero-order chi connectivity index (χ0) is 14.7. The van der Waals surface area contributed by atoms with Crippen LogP contribution in [-0.2, 0) is 6.54 Å². The van der Waals surface area contributed by atoms with Gasteiger partial charge in [0.05, 0.1) is 0 Å². The van der Waals surface area contributed by atoms with E-state index in [1.54, 1.807) is 11.3 Å². The standard InChI is InChI=1S/C16H21N3OS/c1-13-3-5-14(6-4-13)20-16-17-11-15(21-16)12-19-9-7-18(2)8-10-19/h3-6,11H,7-10,12H2,1-2H3. The van der Waals surface area contributed by atoms with Crippen molar-refractivity contribution in [1.82, 2.24) is 14.8 Å². The number of hydrogen-bond donors (Lipinski definition) is 0. The molecular weight excluding hydrogens is 282 g/mol. The molecule has 0 saturated carbocycles. The van der Waals surface area contributed by atoms with E-state index in [0.29, 0.717) is 0 Å². The molecule has 1 aromatic carbocycles. The summed E-state index contributed by atoms with van der Waals surface area (Å²) in [6.07, 6.45) is 1.94. The van der Waals surface area contributed by atoms with E-state index in [1.165, 1.54) is 10.4 Å². The van der Waals surface area contributed by atoms with Crippen LogP contribution in [0.1, 0.15) is 10.4 Å². The number of aryl methyl sites for hydroxylation is 1. The molecule has 0 radical (unpaired) electrons. The Morgan fingerprint density at radius 1 is 1.14 bits per heavy atom. The number of rotatable bonds is 4. The van der Waals surface area contributed by atoms with Gasteiger partial charge in [0.2, 0.25) is 0 Å². The molecule has 0 amide bonds. The predicted molar refractivity (Wildman–Crippen MR) is 86.1 cm³/mol. The Morgan fingerprint density at radius 2 is 1.86 bits per heavy atom. The second kappa shape index (κ2) is 6.56. The van der Waals surface area contributed by atoms with E-state index in [4.69, 9.17) is 4.74 Å². The number of benzene rings is 1. The number of thiazole rings is 1. The zero-order valence-electron chi connectivity index (χ0n) is 12.6. The molecule has 1 aromatic heterocycles. The van der Waals surface area contributed by atoms with Crippen LogP contribution in [0, 0.1) is 6.92 Å². The van der Waals surface area contributed by atoms with Crippen LogP contribution in [0.2, 0.25) is 0 Å². The van der Waals surface area contributed by atoms with Crippen LogP contribution in [0.3, 0.4) is 0 Å². The fourth-order valence-corrected chi connectivity index (χ4v) is 3.16. The Balaban J connectivity index is 1.57. The van der Waals surface area contributed by atoms with Crippen LogP contribution in [0.15, 0.2) is 30.5 Å². The first kappa shape index (κ1) is 14.5. The summed E-state index contributed by atoms with van der Waals surface area (Å²) in [5.74, 6) is 0.848. The van der Waals surface area contributed by atoms with Crippen LogP contribution >= 0.6 is 11.3 Å². The quantitative estimate of drug-likeness (QED) is 0.868. The molecule has 0 spiro atoms. The number of ether oxygens (including phenoxy) is 1. The van der Waals surface area contributed by atoms with Gasteiger partial charge in [-0.15, -0.1) is 0 Å². The Bertz CT molecular complexity index is 573. The second-order valence-corrected chi connectivity index (χ2v) is 6.66. The molecule has 1 aliphatic heterocycles. The molecule has 2 heterocycles. The summed E-state index contributed by atoms with van der Waals surface area (Å²) in [6, 6.07) is 8.07. The molecule has 0 atom stereocenters. The third-order valence-electron chi connectivity index (χ3n) is 3.73. The van der Waals surface area contributed by atoms with E-state index in [0.717, 1.165) is 43.7 Å². The SMILES string of the molecule is Cc1ccc(Oc2ncc(CN3CCN(C)CC3)s2)cc1. The third kappa shape index (κ3) is 4.03. The topological polar surface area (TPSA) is 28.6 Å². The average Bonchev–Trinajstić information content (AvgIpc) is 2.91. The lowest BCUT2D eigenvalue weighted by Gasteiger charge is -2.31. The minimum absolute atomic E-state index is 0.725. The fourth-order valence-electron chi connectivity index (χ4n) is 2.34. The summed E-state index contributed by atoms with van der Waals surface area (Å²) < 4.78 is 5.80. The first-order valence-corrected chi connectivity index (χ1v) is 8.11. The summed E-state index contributed by atoms with van der Waals surface area (Å²) in [6.45, 7) is 7.59. The first-order valence-electron chi connectivity index (χ1n) is 7.29. The van der Waals surface area contributed by atoms with Gasteiger partial charge in [0, 0.05) is 43.8 Å². The molecule has 112 valence electrons. The van der Waals surface area contributed by atoms with Gasteiger partial charge in [-0.1, -0.05) is 29.0 Å². The fraction of sp³-hybridized carbons (Fsp3) is 0.438. The van der Waals surface area contributed by atoms with Gasteiger partial charge < -0.3 is 9.64 Å². The van der Waals surface area contributed by atoms with Crippen molar-refractivity contribution in [3.05, 3.63) is 40.9 Å². The predicted octanol–water partition coefficient (Wildman–Crippen LogP) is 2.99. The molecule has 2 aromatic rings. The van der Waals surface area contributed by atoms with Gasteiger partial charge in [-0.05, 0) is 26.1 Å². The minimum Gasteiger partial charge on any atom is -0.431 e. The zero-order valence-corrected chi connectivity index (χ0v) is 13.4. The molecule has 21 heavy (non-hydrogen) atoms. The lowest BCUT2D eigenvalue weighted by molar-refractivity contribution is 0.149. The molecule has 0 unspecified atom stereocenters. The van der Waals surface area contributed by atoms with Gasteiger partial charge >= 0.3 is 0 Å².